The number of Topliss-reactive ketones (excluding diaryl/α,β-unsaturated/α-hetero) is 2. The number of carbonyl (C=O) groups is 2. The van der Waals surface area contributed by atoms with Crippen LogP contribution in [-0.4, -0.2) is 26.6 Å². The molecule has 0 aliphatic rings. The summed E-state index contributed by atoms with van der Waals surface area (Å²) in [6, 6.07) is 11.4. The smallest absolute Gasteiger partial charge is 0.260 e. The van der Waals surface area contributed by atoms with Gasteiger partial charge >= 0.3 is 0 Å². The number of aromatic nitrogens is 2. The van der Waals surface area contributed by atoms with Crippen LogP contribution in [-0.2, 0) is 4.79 Å². The van der Waals surface area contributed by atoms with Crippen molar-refractivity contribution in [1.29, 1.82) is 0 Å². The number of nitrogens with zero attached hydrogens (tertiary/aromatic N) is 1. The first-order valence-electron chi connectivity index (χ1n) is 7.51. The number of pyridine rings is 2. The van der Waals surface area contributed by atoms with Gasteiger partial charge in [0.05, 0.1) is 16.5 Å². The van der Waals surface area contributed by atoms with E-state index in [1.807, 2.05) is 0 Å². The molecular weight excluding hydrogens is 320 g/mol. The monoisotopic (exact) mass is 334 g/mol. The molecule has 0 spiro atoms. The molecule has 124 valence electrons. The Labute approximate surface area is 142 Å². The van der Waals surface area contributed by atoms with Crippen molar-refractivity contribution < 1.29 is 14.7 Å². The van der Waals surface area contributed by atoms with Crippen molar-refractivity contribution in [3.63, 3.8) is 0 Å². The molecule has 0 fully saturated rings. The number of aromatic amines is 1. The number of hydrogen-bond donors (Lipinski definition) is 2. The zero-order valence-corrected chi connectivity index (χ0v) is 13.3. The number of carbonyl (C=O) groups excluding carboxylic acids is 2. The van der Waals surface area contributed by atoms with E-state index in [2.05, 4.69) is 9.97 Å². The highest BCUT2D eigenvalue weighted by atomic mass is 16.3. The van der Waals surface area contributed by atoms with Gasteiger partial charge in [0.15, 0.2) is 11.6 Å². The molecule has 3 rings (SSSR count). The van der Waals surface area contributed by atoms with Gasteiger partial charge in [-0.15, -0.1) is 0 Å². The van der Waals surface area contributed by atoms with Gasteiger partial charge in [0, 0.05) is 11.8 Å². The quantitative estimate of drug-likeness (QED) is 0.330. The molecule has 6 nitrogen and oxygen atoms in total. The lowest BCUT2D eigenvalue weighted by atomic mass is 9.98. The predicted molar refractivity (Wildman–Crippen MR) is 93.5 cm³/mol. The molecule has 0 saturated carbocycles. The van der Waals surface area contributed by atoms with Crippen molar-refractivity contribution in [2.24, 2.45) is 0 Å². The van der Waals surface area contributed by atoms with Crippen LogP contribution in [0.3, 0.4) is 0 Å². The summed E-state index contributed by atoms with van der Waals surface area (Å²) in [6.07, 6.45) is 2.60. The molecule has 1 aromatic carbocycles. The van der Waals surface area contributed by atoms with Crippen LogP contribution in [0.1, 0.15) is 22.8 Å². The van der Waals surface area contributed by atoms with Crippen molar-refractivity contribution in [2.75, 3.05) is 0 Å². The van der Waals surface area contributed by atoms with E-state index in [0.29, 0.717) is 10.9 Å². The van der Waals surface area contributed by atoms with E-state index in [9.17, 15) is 19.5 Å². The SMILES string of the molecule is CC(=O)/C(=C\c1c(O)c2cccnc2[nH]c1=O)C(=O)c1ccccc1. The van der Waals surface area contributed by atoms with Gasteiger partial charge < -0.3 is 10.1 Å². The Morgan fingerprint density at radius 3 is 2.52 bits per heavy atom. The van der Waals surface area contributed by atoms with Crippen LogP contribution in [0, 0.1) is 0 Å². The Balaban J connectivity index is 2.20. The Kier molecular flexibility index (Phi) is 4.26. The molecule has 25 heavy (non-hydrogen) atoms. The predicted octanol–water partition coefficient (Wildman–Crippen LogP) is 2.48. The lowest BCUT2D eigenvalue weighted by Gasteiger charge is -2.06. The Hall–Kier alpha value is -3.54. The summed E-state index contributed by atoms with van der Waals surface area (Å²) < 4.78 is 0. The number of H-pyrrole nitrogens is 1. The van der Waals surface area contributed by atoms with Crippen molar-refractivity contribution >= 4 is 28.7 Å². The summed E-state index contributed by atoms with van der Waals surface area (Å²) in [4.78, 5) is 43.3. The van der Waals surface area contributed by atoms with Gasteiger partial charge in [0.25, 0.3) is 5.56 Å². The molecule has 0 unspecified atom stereocenters. The number of hydrogen-bond acceptors (Lipinski definition) is 5. The minimum absolute atomic E-state index is 0.157. The van der Waals surface area contributed by atoms with Crippen LogP contribution < -0.4 is 5.56 Å². The first-order valence-corrected chi connectivity index (χ1v) is 7.51. The van der Waals surface area contributed by atoms with Gasteiger partial charge in [-0.25, -0.2) is 4.98 Å². The highest BCUT2D eigenvalue weighted by Crippen LogP contribution is 2.25. The lowest BCUT2D eigenvalue weighted by Crippen LogP contribution is -2.14. The molecular formula is C19H14N2O4. The third-order valence-corrected chi connectivity index (χ3v) is 3.74. The minimum atomic E-state index is -0.636. The van der Waals surface area contributed by atoms with E-state index >= 15 is 0 Å². The second kappa shape index (κ2) is 6.52. The Morgan fingerprint density at radius 1 is 1.12 bits per heavy atom. The summed E-state index contributed by atoms with van der Waals surface area (Å²) in [7, 11) is 0. The second-order valence-corrected chi connectivity index (χ2v) is 5.43. The maximum atomic E-state index is 12.6. The van der Waals surface area contributed by atoms with E-state index in [-0.39, 0.29) is 22.5 Å². The number of aromatic hydroxyl groups is 1. The average Bonchev–Trinajstić information content (AvgIpc) is 2.61. The van der Waals surface area contributed by atoms with Crippen LogP contribution >= 0.6 is 0 Å². The number of nitrogens with one attached hydrogen (secondary N) is 1. The molecule has 0 radical (unpaired) electrons. The fraction of sp³-hybridized carbons (Fsp3) is 0.0526. The topological polar surface area (TPSA) is 100 Å². The number of ketones is 2. The largest absolute Gasteiger partial charge is 0.506 e. The molecule has 0 bridgehead atoms. The fourth-order valence-electron chi connectivity index (χ4n) is 2.47. The van der Waals surface area contributed by atoms with E-state index in [1.54, 1.807) is 42.5 Å². The van der Waals surface area contributed by atoms with Crippen molar-refractivity contribution in [3.05, 3.63) is 75.7 Å². The molecule has 2 aromatic heterocycles. The van der Waals surface area contributed by atoms with E-state index in [1.165, 1.54) is 13.1 Å². The summed E-state index contributed by atoms with van der Waals surface area (Å²) in [6.45, 7) is 1.24. The zero-order chi connectivity index (χ0) is 18.0. The third-order valence-electron chi connectivity index (χ3n) is 3.74. The molecule has 6 heteroatoms. The van der Waals surface area contributed by atoms with Gasteiger partial charge in [-0.1, -0.05) is 30.3 Å². The molecule has 3 aromatic rings. The third kappa shape index (κ3) is 3.10. The summed E-state index contributed by atoms with van der Waals surface area (Å²) >= 11 is 0. The highest BCUT2D eigenvalue weighted by Gasteiger charge is 2.19. The number of allylic oxidation sites excluding steroid dienone is 1. The second-order valence-electron chi connectivity index (χ2n) is 5.43. The molecule has 0 aliphatic carbocycles. The molecule has 0 saturated heterocycles. The standard InChI is InChI=1S/C19H14N2O4/c1-11(22)14(16(23)12-6-3-2-4-7-12)10-15-17(24)13-8-5-9-20-18(13)21-19(15)25/h2-10H,1H3,(H2,20,21,24,25)/b14-10+. The minimum Gasteiger partial charge on any atom is -0.506 e. The first-order chi connectivity index (χ1) is 12.0. The number of benzene rings is 1. The van der Waals surface area contributed by atoms with Crippen LogP contribution in [0.2, 0.25) is 0 Å². The van der Waals surface area contributed by atoms with Crippen LogP contribution in [0.25, 0.3) is 17.1 Å². The van der Waals surface area contributed by atoms with Crippen LogP contribution in [0.4, 0.5) is 0 Å². The van der Waals surface area contributed by atoms with Gasteiger partial charge in [0.1, 0.15) is 11.4 Å². The van der Waals surface area contributed by atoms with Gasteiger partial charge in [-0.3, -0.25) is 14.4 Å². The average molecular weight is 334 g/mol. The maximum absolute atomic E-state index is 12.6. The van der Waals surface area contributed by atoms with Crippen LogP contribution in [0.5, 0.6) is 5.75 Å². The van der Waals surface area contributed by atoms with Gasteiger partial charge in [-0.05, 0) is 25.1 Å². The molecule has 0 aliphatic heterocycles. The molecule has 0 atom stereocenters. The Bertz CT molecular complexity index is 1070. The lowest BCUT2D eigenvalue weighted by molar-refractivity contribution is -0.113. The fourth-order valence-corrected chi connectivity index (χ4v) is 2.47. The normalized spacial score (nSPS) is 11.5. The Morgan fingerprint density at radius 2 is 1.84 bits per heavy atom. The number of rotatable bonds is 4. The zero-order valence-electron chi connectivity index (χ0n) is 13.3. The maximum Gasteiger partial charge on any atom is 0.260 e. The molecule has 2 N–H and O–H groups in total. The highest BCUT2D eigenvalue weighted by molar-refractivity contribution is 6.28. The van der Waals surface area contributed by atoms with Gasteiger partial charge in [-0.2, -0.15) is 0 Å². The van der Waals surface area contributed by atoms with Crippen molar-refractivity contribution in [1.82, 2.24) is 9.97 Å². The number of fused-ring (bicyclic) bond motifs is 1. The first kappa shape index (κ1) is 16.3. The van der Waals surface area contributed by atoms with Crippen LogP contribution in [0.15, 0.2) is 59.0 Å². The van der Waals surface area contributed by atoms with E-state index in [0.717, 1.165) is 6.08 Å². The molecule has 2 heterocycles. The van der Waals surface area contributed by atoms with E-state index in [4.69, 9.17) is 0 Å². The van der Waals surface area contributed by atoms with Gasteiger partial charge in [0.2, 0.25) is 0 Å². The van der Waals surface area contributed by atoms with Crippen molar-refractivity contribution in [2.45, 2.75) is 6.92 Å². The molecule has 0 amide bonds. The summed E-state index contributed by atoms with van der Waals surface area (Å²) in [5.74, 6) is -1.34. The summed E-state index contributed by atoms with van der Waals surface area (Å²) in [5.41, 5.74) is -0.434. The van der Waals surface area contributed by atoms with E-state index < -0.39 is 17.1 Å². The van der Waals surface area contributed by atoms with Crippen molar-refractivity contribution in [3.8, 4) is 5.75 Å². The summed E-state index contributed by atoms with van der Waals surface area (Å²) in [5, 5.41) is 10.7.